The van der Waals surface area contributed by atoms with Crippen LogP contribution in [0.2, 0.25) is 0 Å². The van der Waals surface area contributed by atoms with Gasteiger partial charge in [0.2, 0.25) is 21.8 Å². The summed E-state index contributed by atoms with van der Waals surface area (Å²) in [5, 5.41) is 2.13. The number of nitrogens with one attached hydrogen (secondary N) is 2. The predicted molar refractivity (Wildman–Crippen MR) is 191 cm³/mol. The van der Waals surface area contributed by atoms with Crippen LogP contribution in [0.5, 0.6) is 0 Å². The van der Waals surface area contributed by atoms with E-state index in [1.165, 1.54) is 4.90 Å². The number of hydrogen-bond acceptors (Lipinski definition) is 9. The number of sulfonamides is 1. The minimum absolute atomic E-state index is 0.0192. The normalized spacial score (nSPS) is 29.5. The molecule has 0 unspecified atom stereocenters. The van der Waals surface area contributed by atoms with Crippen LogP contribution in [0.4, 0.5) is 9.59 Å². The second-order valence-corrected chi connectivity index (χ2v) is 19.2. The van der Waals surface area contributed by atoms with Crippen molar-refractivity contribution >= 4 is 39.8 Å². The first-order chi connectivity index (χ1) is 24.3. The van der Waals surface area contributed by atoms with E-state index in [-0.39, 0.29) is 37.8 Å². The van der Waals surface area contributed by atoms with Crippen molar-refractivity contribution in [2.24, 2.45) is 22.2 Å². The van der Waals surface area contributed by atoms with Gasteiger partial charge in [0, 0.05) is 25.9 Å². The first kappa shape index (κ1) is 37.8. The number of rotatable bonds is 7. The van der Waals surface area contributed by atoms with Crippen molar-refractivity contribution < 1.29 is 41.9 Å². The summed E-state index contributed by atoms with van der Waals surface area (Å²) in [5.41, 5.74) is 0.795. The highest BCUT2D eigenvalue weighted by atomic mass is 32.2. The lowest BCUT2D eigenvalue weighted by Gasteiger charge is -2.35. The molecule has 6 rings (SSSR count). The summed E-state index contributed by atoms with van der Waals surface area (Å²) in [4.78, 5) is 72.1. The zero-order valence-electron chi connectivity index (χ0n) is 30.9. The SMILES string of the molecule is C=C[C@@H]1C[C@]1(CC(=O)[C@@H]1C[C@@H]2CN1C(=O)[C@H](C(C)(C)C)NC(=O)OCC(C)(C)CCCc1cccc3c1CN(C3)C(=O)O2)C(=O)NS(=O)(=O)C1CC1. The minimum Gasteiger partial charge on any atom is -0.449 e. The van der Waals surface area contributed by atoms with Gasteiger partial charge in [0.25, 0.3) is 0 Å². The van der Waals surface area contributed by atoms with Crippen LogP contribution in [0.15, 0.2) is 30.9 Å². The van der Waals surface area contributed by atoms with E-state index >= 15 is 0 Å². The molecule has 3 fully saturated rings. The van der Waals surface area contributed by atoms with Crippen molar-refractivity contribution in [2.45, 2.75) is 123 Å². The molecule has 2 aliphatic carbocycles. The van der Waals surface area contributed by atoms with E-state index in [0.717, 1.165) is 36.0 Å². The highest BCUT2D eigenvalue weighted by Gasteiger charge is 2.61. The zero-order chi connectivity index (χ0) is 37.8. The first-order valence-corrected chi connectivity index (χ1v) is 19.9. The van der Waals surface area contributed by atoms with E-state index in [4.69, 9.17) is 9.47 Å². The van der Waals surface area contributed by atoms with Crippen LogP contribution in [-0.2, 0) is 53.4 Å². The molecule has 3 aliphatic heterocycles. The molecule has 0 radical (unpaired) electrons. The number of fused-ring (bicyclic) bond motifs is 3. The van der Waals surface area contributed by atoms with Gasteiger partial charge in [0.15, 0.2) is 5.78 Å². The van der Waals surface area contributed by atoms with Crippen LogP contribution in [0.1, 0.15) is 96.3 Å². The molecule has 1 aromatic carbocycles. The number of Topliss-reactive ketones (excluding diaryl/α,β-unsaturated/α-hetero) is 1. The summed E-state index contributed by atoms with van der Waals surface area (Å²) in [5.74, 6) is -2.20. The van der Waals surface area contributed by atoms with Crippen molar-refractivity contribution in [1.29, 1.82) is 0 Å². The van der Waals surface area contributed by atoms with E-state index in [0.29, 0.717) is 25.9 Å². The number of carbonyl (C=O) groups excluding carboxylic acids is 5. The van der Waals surface area contributed by atoms with Crippen LogP contribution in [0.25, 0.3) is 0 Å². The smallest absolute Gasteiger partial charge is 0.410 e. The fourth-order valence-corrected chi connectivity index (χ4v) is 9.26. The van der Waals surface area contributed by atoms with Gasteiger partial charge in [-0.2, -0.15) is 0 Å². The van der Waals surface area contributed by atoms with Crippen LogP contribution in [-0.4, -0.2) is 84.6 Å². The maximum Gasteiger partial charge on any atom is 0.410 e. The Bertz CT molecular complexity index is 1760. The summed E-state index contributed by atoms with van der Waals surface area (Å²) in [7, 11) is -3.87. The molecule has 5 aliphatic rings. The van der Waals surface area contributed by atoms with E-state index in [9.17, 15) is 32.4 Å². The molecule has 0 spiro atoms. The number of ketones is 1. The Hall–Kier alpha value is -3.94. The van der Waals surface area contributed by atoms with Gasteiger partial charge in [0.05, 0.1) is 29.9 Å². The number of benzene rings is 1. The van der Waals surface area contributed by atoms with E-state index in [1.807, 2.05) is 26.0 Å². The standard InChI is InChI=1S/C38H52N4O9S/c1-7-25-17-38(25,33(45)40-52(48,49)27-13-14-27)18-30(43)29-16-26-20-42(29)32(44)31(36(2,3)4)39-34(46)50-22-37(5,6)15-9-12-23-10-8-11-24-19-41(21-28(23)24)35(47)51-26/h7-8,10-11,25-27,29,31H,1,9,12-22H2,2-6H3,(H,39,46)(H,40,45)/t25-,26-,29+,31-,38-/m1/s1. The quantitative estimate of drug-likeness (QED) is 0.386. The molecule has 2 N–H and O–H groups in total. The molecule has 4 amide bonds. The van der Waals surface area contributed by atoms with Gasteiger partial charge in [-0.05, 0) is 72.0 Å². The maximum absolute atomic E-state index is 14.5. The molecule has 14 heteroatoms. The monoisotopic (exact) mass is 740 g/mol. The molecule has 3 heterocycles. The topological polar surface area (TPSA) is 168 Å². The first-order valence-electron chi connectivity index (χ1n) is 18.3. The molecular weight excluding hydrogens is 689 g/mol. The number of carbonyl (C=O) groups is 5. The molecule has 2 saturated carbocycles. The summed E-state index contributed by atoms with van der Waals surface area (Å²) in [6.45, 7) is 14.0. The fourth-order valence-electron chi connectivity index (χ4n) is 7.88. The number of amides is 4. The number of cyclic esters (lactones) is 1. The molecular formula is C38H52N4O9S. The van der Waals surface area contributed by atoms with Gasteiger partial charge in [-0.15, -0.1) is 6.58 Å². The molecule has 1 saturated heterocycles. The highest BCUT2D eigenvalue weighted by molar-refractivity contribution is 7.90. The van der Waals surface area contributed by atoms with Crippen molar-refractivity contribution in [3.8, 4) is 0 Å². The molecule has 5 atom stereocenters. The number of nitrogens with zero attached hydrogens (tertiary/aromatic N) is 2. The molecule has 0 aromatic heterocycles. The second kappa shape index (κ2) is 13.8. The average Bonchev–Trinajstić information content (AvgIpc) is 3.95. The number of alkyl carbamates (subject to hydrolysis) is 1. The van der Waals surface area contributed by atoms with Crippen molar-refractivity contribution in [3.63, 3.8) is 0 Å². The summed E-state index contributed by atoms with van der Waals surface area (Å²) in [6, 6.07) is 3.85. The highest BCUT2D eigenvalue weighted by Crippen LogP contribution is 2.57. The van der Waals surface area contributed by atoms with Gasteiger partial charge >= 0.3 is 12.2 Å². The van der Waals surface area contributed by atoms with E-state index in [2.05, 4.69) is 22.7 Å². The Kier molecular flexibility index (Phi) is 10.0. The third-order valence-electron chi connectivity index (χ3n) is 11.4. The molecule has 4 bridgehead atoms. The van der Waals surface area contributed by atoms with Crippen molar-refractivity contribution in [3.05, 3.63) is 47.5 Å². The maximum atomic E-state index is 14.5. The minimum atomic E-state index is -3.87. The zero-order valence-corrected chi connectivity index (χ0v) is 31.7. The largest absolute Gasteiger partial charge is 0.449 e. The lowest BCUT2D eigenvalue weighted by atomic mass is 9.85. The number of hydrogen-bond donors (Lipinski definition) is 2. The Labute approximate surface area is 306 Å². The average molecular weight is 741 g/mol. The third-order valence-corrected chi connectivity index (χ3v) is 13.2. The van der Waals surface area contributed by atoms with Gasteiger partial charge in [-0.25, -0.2) is 18.0 Å². The Morgan fingerprint density at radius 1 is 1.12 bits per heavy atom. The number of allylic oxidation sites excluding steroid dienone is 1. The van der Waals surface area contributed by atoms with Gasteiger partial charge < -0.3 is 19.7 Å². The van der Waals surface area contributed by atoms with Gasteiger partial charge in [0.1, 0.15) is 12.1 Å². The number of ether oxygens (including phenoxy) is 2. The molecule has 52 heavy (non-hydrogen) atoms. The summed E-state index contributed by atoms with van der Waals surface area (Å²) < 4.78 is 39.3. The fraction of sp³-hybridized carbons (Fsp3) is 0.658. The van der Waals surface area contributed by atoms with Crippen molar-refractivity contribution in [1.82, 2.24) is 19.8 Å². The Balaban J connectivity index is 1.29. The third kappa shape index (κ3) is 7.86. The van der Waals surface area contributed by atoms with Crippen LogP contribution in [0, 0.1) is 22.2 Å². The van der Waals surface area contributed by atoms with Gasteiger partial charge in [-0.3, -0.25) is 24.0 Å². The van der Waals surface area contributed by atoms with Crippen LogP contribution >= 0.6 is 0 Å². The van der Waals surface area contributed by atoms with Crippen LogP contribution in [0.3, 0.4) is 0 Å². The van der Waals surface area contributed by atoms with E-state index in [1.54, 1.807) is 31.7 Å². The lowest BCUT2D eigenvalue weighted by molar-refractivity contribution is -0.142. The van der Waals surface area contributed by atoms with Crippen LogP contribution < -0.4 is 10.0 Å². The van der Waals surface area contributed by atoms with E-state index < -0.39 is 80.0 Å². The Morgan fingerprint density at radius 3 is 2.48 bits per heavy atom. The second-order valence-electron chi connectivity index (χ2n) is 17.2. The predicted octanol–water partition coefficient (Wildman–Crippen LogP) is 4.37. The molecule has 1 aromatic rings. The lowest BCUT2D eigenvalue weighted by Crippen LogP contribution is -2.57. The van der Waals surface area contributed by atoms with Gasteiger partial charge in [-0.1, -0.05) is 58.9 Å². The summed E-state index contributed by atoms with van der Waals surface area (Å²) in [6.07, 6.45) is 2.61. The molecule has 284 valence electrons. The summed E-state index contributed by atoms with van der Waals surface area (Å²) >= 11 is 0. The molecule has 13 nitrogen and oxygen atoms in total. The number of aryl methyl sites for hydroxylation is 1. The Morgan fingerprint density at radius 2 is 1.83 bits per heavy atom. The van der Waals surface area contributed by atoms with Crippen molar-refractivity contribution in [2.75, 3.05) is 13.2 Å².